The van der Waals surface area contributed by atoms with Crippen LogP contribution >= 0.6 is 0 Å². The number of likely N-dealkylation sites (tertiary alicyclic amines) is 1. The summed E-state index contributed by atoms with van der Waals surface area (Å²) in [6.07, 6.45) is 1.65. The molecule has 2 atom stereocenters. The van der Waals surface area contributed by atoms with Crippen molar-refractivity contribution in [1.29, 1.82) is 0 Å². The van der Waals surface area contributed by atoms with Crippen molar-refractivity contribution >= 4 is 5.97 Å². The highest BCUT2D eigenvalue weighted by molar-refractivity contribution is 5.70. The number of rotatable bonds is 7. The lowest BCUT2D eigenvalue weighted by molar-refractivity contribution is -0.143. The Bertz CT molecular complexity index is 941. The van der Waals surface area contributed by atoms with E-state index in [4.69, 9.17) is 4.74 Å². The number of piperidine rings is 1. The molecule has 2 unspecified atom stereocenters. The lowest BCUT2D eigenvalue weighted by Gasteiger charge is -2.37. The number of nitrogens with zero attached hydrogens (tertiary/aromatic N) is 1. The first-order chi connectivity index (χ1) is 14.7. The molecule has 1 saturated heterocycles. The first kappa shape index (κ1) is 20.2. The van der Waals surface area contributed by atoms with E-state index in [0.29, 0.717) is 13.2 Å². The molecule has 1 aliphatic heterocycles. The molecule has 0 aliphatic carbocycles. The van der Waals surface area contributed by atoms with Crippen molar-refractivity contribution in [1.82, 2.24) is 4.90 Å². The van der Waals surface area contributed by atoms with Crippen LogP contribution in [0.2, 0.25) is 0 Å². The smallest absolute Gasteiger partial charge is 0.307 e. The van der Waals surface area contributed by atoms with Crippen molar-refractivity contribution in [2.45, 2.75) is 25.5 Å². The lowest BCUT2D eigenvalue weighted by Crippen LogP contribution is -2.41. The summed E-state index contributed by atoms with van der Waals surface area (Å²) in [7, 11) is 0. The molecule has 1 aliphatic rings. The number of carboxylic acids is 1. The average Bonchev–Trinajstić information content (AvgIpc) is 2.80. The summed E-state index contributed by atoms with van der Waals surface area (Å²) in [5, 5.41) is 9.53. The molecule has 3 aromatic rings. The lowest BCUT2D eigenvalue weighted by atomic mass is 9.91. The zero-order valence-electron chi connectivity index (χ0n) is 17.0. The van der Waals surface area contributed by atoms with Gasteiger partial charge in [0, 0.05) is 6.54 Å². The topological polar surface area (TPSA) is 49.8 Å². The second-order valence-corrected chi connectivity index (χ2v) is 7.83. The Morgan fingerprint density at radius 3 is 2.23 bits per heavy atom. The Morgan fingerprint density at radius 1 is 0.933 bits per heavy atom. The molecule has 3 aromatic carbocycles. The van der Waals surface area contributed by atoms with Crippen LogP contribution in [0, 0.1) is 5.92 Å². The fraction of sp³-hybridized carbons (Fsp3) is 0.269. The molecule has 1 N–H and O–H groups in total. The molecule has 0 radical (unpaired) electrons. The van der Waals surface area contributed by atoms with Gasteiger partial charge >= 0.3 is 5.97 Å². The molecule has 154 valence electrons. The van der Waals surface area contributed by atoms with Gasteiger partial charge in [0.2, 0.25) is 0 Å². The Kier molecular flexibility index (Phi) is 6.45. The van der Waals surface area contributed by atoms with E-state index in [-0.39, 0.29) is 12.0 Å². The molecule has 1 heterocycles. The Morgan fingerprint density at radius 2 is 1.57 bits per heavy atom. The molecular formula is C26H27NO3. The molecule has 1 fully saturated rings. The monoisotopic (exact) mass is 401 g/mol. The van der Waals surface area contributed by atoms with Crippen LogP contribution in [0.4, 0.5) is 0 Å². The number of carbonyl (C=O) groups is 1. The molecule has 30 heavy (non-hydrogen) atoms. The molecule has 4 rings (SSSR count). The van der Waals surface area contributed by atoms with Gasteiger partial charge in [-0.05, 0) is 48.2 Å². The van der Waals surface area contributed by atoms with Crippen LogP contribution in [-0.2, 0) is 11.4 Å². The minimum absolute atomic E-state index is 0.0384. The van der Waals surface area contributed by atoms with Crippen molar-refractivity contribution in [3.63, 3.8) is 0 Å². The van der Waals surface area contributed by atoms with Crippen molar-refractivity contribution < 1.29 is 14.6 Å². The van der Waals surface area contributed by atoms with E-state index in [0.717, 1.165) is 36.3 Å². The van der Waals surface area contributed by atoms with Gasteiger partial charge in [-0.25, -0.2) is 0 Å². The van der Waals surface area contributed by atoms with Gasteiger partial charge in [0.1, 0.15) is 12.4 Å². The SMILES string of the molecule is O=C(O)C1CCCN(C(c2ccccc2)c2ccc(OCc3ccccc3)cc2)C1. The van der Waals surface area contributed by atoms with E-state index in [2.05, 4.69) is 41.3 Å². The van der Waals surface area contributed by atoms with Crippen LogP contribution in [0.3, 0.4) is 0 Å². The quantitative estimate of drug-likeness (QED) is 0.595. The van der Waals surface area contributed by atoms with Crippen molar-refractivity contribution in [3.05, 3.63) is 102 Å². The number of hydrogen-bond acceptors (Lipinski definition) is 3. The molecule has 0 spiro atoms. The van der Waals surface area contributed by atoms with E-state index in [1.54, 1.807) is 0 Å². The first-order valence-corrected chi connectivity index (χ1v) is 10.5. The highest BCUT2D eigenvalue weighted by atomic mass is 16.5. The van der Waals surface area contributed by atoms with E-state index in [9.17, 15) is 9.90 Å². The van der Waals surface area contributed by atoms with Gasteiger partial charge in [-0.2, -0.15) is 0 Å². The molecule has 0 bridgehead atoms. The summed E-state index contributed by atoms with van der Waals surface area (Å²) in [6.45, 7) is 2.01. The average molecular weight is 402 g/mol. The second-order valence-electron chi connectivity index (χ2n) is 7.83. The Balaban J connectivity index is 1.54. The maximum atomic E-state index is 11.6. The molecule has 0 aromatic heterocycles. The largest absolute Gasteiger partial charge is 0.489 e. The molecular weight excluding hydrogens is 374 g/mol. The highest BCUT2D eigenvalue weighted by Gasteiger charge is 2.31. The fourth-order valence-electron chi connectivity index (χ4n) is 4.18. The highest BCUT2D eigenvalue weighted by Crippen LogP contribution is 2.33. The summed E-state index contributed by atoms with van der Waals surface area (Å²) in [5.74, 6) is -0.175. The number of aliphatic carboxylic acids is 1. The van der Waals surface area contributed by atoms with Crippen LogP contribution in [0.15, 0.2) is 84.9 Å². The van der Waals surface area contributed by atoms with Gasteiger partial charge < -0.3 is 9.84 Å². The fourth-order valence-corrected chi connectivity index (χ4v) is 4.18. The third-order valence-electron chi connectivity index (χ3n) is 5.73. The Labute approximate surface area is 177 Å². The minimum atomic E-state index is -0.698. The van der Waals surface area contributed by atoms with E-state index in [1.165, 1.54) is 5.56 Å². The van der Waals surface area contributed by atoms with Crippen molar-refractivity contribution in [2.75, 3.05) is 13.1 Å². The molecule has 0 saturated carbocycles. The minimum Gasteiger partial charge on any atom is -0.489 e. The van der Waals surface area contributed by atoms with Gasteiger partial charge in [-0.1, -0.05) is 72.8 Å². The zero-order valence-corrected chi connectivity index (χ0v) is 17.0. The van der Waals surface area contributed by atoms with E-state index in [1.807, 2.05) is 48.5 Å². The third kappa shape index (κ3) is 4.89. The van der Waals surface area contributed by atoms with Gasteiger partial charge in [-0.15, -0.1) is 0 Å². The predicted molar refractivity (Wildman–Crippen MR) is 117 cm³/mol. The van der Waals surface area contributed by atoms with Crippen molar-refractivity contribution in [3.8, 4) is 5.75 Å². The summed E-state index contributed by atoms with van der Waals surface area (Å²) in [6, 6.07) is 28.7. The third-order valence-corrected chi connectivity index (χ3v) is 5.73. The molecule has 0 amide bonds. The summed E-state index contributed by atoms with van der Waals surface area (Å²) in [4.78, 5) is 13.9. The first-order valence-electron chi connectivity index (χ1n) is 10.5. The summed E-state index contributed by atoms with van der Waals surface area (Å²) in [5.41, 5.74) is 3.47. The van der Waals surface area contributed by atoms with E-state index >= 15 is 0 Å². The zero-order chi connectivity index (χ0) is 20.8. The Hall–Kier alpha value is -3.11. The number of benzene rings is 3. The standard InChI is InChI=1S/C26H27NO3/c28-26(29)23-12-7-17-27(18-23)25(21-10-5-2-6-11-21)22-13-15-24(16-14-22)30-19-20-8-3-1-4-9-20/h1-6,8-11,13-16,23,25H,7,12,17-19H2,(H,28,29). The summed E-state index contributed by atoms with van der Waals surface area (Å²) < 4.78 is 5.94. The normalized spacial score (nSPS) is 17.9. The van der Waals surface area contributed by atoms with Gasteiger partial charge in [-0.3, -0.25) is 9.69 Å². The van der Waals surface area contributed by atoms with Gasteiger partial charge in [0.25, 0.3) is 0 Å². The maximum absolute atomic E-state index is 11.6. The van der Waals surface area contributed by atoms with Crippen LogP contribution < -0.4 is 4.74 Å². The summed E-state index contributed by atoms with van der Waals surface area (Å²) >= 11 is 0. The van der Waals surface area contributed by atoms with E-state index < -0.39 is 5.97 Å². The number of ether oxygens (including phenoxy) is 1. The number of carboxylic acid groups (broad SMARTS) is 1. The van der Waals surface area contributed by atoms with Gasteiger partial charge in [0.15, 0.2) is 0 Å². The molecule has 4 heteroatoms. The van der Waals surface area contributed by atoms with Crippen LogP contribution in [-0.4, -0.2) is 29.1 Å². The second kappa shape index (κ2) is 9.59. The maximum Gasteiger partial charge on any atom is 0.307 e. The van der Waals surface area contributed by atoms with Crippen molar-refractivity contribution in [2.24, 2.45) is 5.92 Å². The van der Waals surface area contributed by atoms with Crippen LogP contribution in [0.25, 0.3) is 0 Å². The van der Waals surface area contributed by atoms with Gasteiger partial charge in [0.05, 0.1) is 12.0 Å². The number of hydrogen-bond donors (Lipinski definition) is 1. The molecule has 4 nitrogen and oxygen atoms in total. The predicted octanol–water partition coefficient (Wildman–Crippen LogP) is 5.15. The van der Waals surface area contributed by atoms with Crippen LogP contribution in [0.1, 0.15) is 35.6 Å². The van der Waals surface area contributed by atoms with Crippen LogP contribution in [0.5, 0.6) is 5.75 Å².